The van der Waals surface area contributed by atoms with Crippen LogP contribution in [0.15, 0.2) is 30.3 Å². The number of nitrogens with two attached hydrogens (primary N) is 1. The van der Waals surface area contributed by atoms with E-state index in [1.165, 1.54) is 0 Å². The summed E-state index contributed by atoms with van der Waals surface area (Å²) in [5.41, 5.74) is 6.46. The minimum absolute atomic E-state index is 0.0422. The summed E-state index contributed by atoms with van der Waals surface area (Å²) < 4.78 is 0. The molecule has 1 fully saturated rings. The molecule has 0 unspecified atom stereocenters. The second-order valence-corrected chi connectivity index (χ2v) is 5.61. The zero-order valence-electron chi connectivity index (χ0n) is 11.9. The summed E-state index contributed by atoms with van der Waals surface area (Å²) in [6, 6.07) is 9.81. The van der Waals surface area contributed by atoms with Crippen LogP contribution in [0.2, 0.25) is 0 Å². The van der Waals surface area contributed by atoms with Gasteiger partial charge in [-0.25, -0.2) is 4.79 Å². The fourth-order valence-corrected chi connectivity index (χ4v) is 2.36. The molecule has 0 aromatic heterocycles. The molecule has 0 saturated carbocycles. The van der Waals surface area contributed by atoms with Gasteiger partial charge in [0.2, 0.25) is 0 Å². The molecule has 0 atom stereocenters. The Morgan fingerprint density at radius 1 is 1.35 bits per heavy atom. The number of hydrogen-bond acceptors (Lipinski definition) is 2. The van der Waals surface area contributed by atoms with Gasteiger partial charge in [-0.15, -0.1) is 0 Å². The molecule has 5 nitrogen and oxygen atoms in total. The van der Waals surface area contributed by atoms with Crippen LogP contribution in [0.25, 0.3) is 0 Å². The van der Waals surface area contributed by atoms with E-state index >= 15 is 0 Å². The predicted octanol–water partition coefficient (Wildman–Crippen LogP) is 1.93. The van der Waals surface area contributed by atoms with Crippen LogP contribution in [0.3, 0.4) is 0 Å². The van der Waals surface area contributed by atoms with Crippen LogP contribution in [-0.2, 0) is 6.54 Å². The van der Waals surface area contributed by atoms with E-state index in [0.717, 1.165) is 18.4 Å². The Morgan fingerprint density at radius 3 is 2.50 bits per heavy atom. The highest BCUT2D eigenvalue weighted by Gasteiger charge is 2.34. The molecule has 1 heterocycles. The van der Waals surface area contributed by atoms with Crippen molar-refractivity contribution in [1.29, 1.82) is 5.41 Å². The zero-order chi connectivity index (χ0) is 14.6. The first-order chi connectivity index (χ1) is 9.51. The van der Waals surface area contributed by atoms with Crippen LogP contribution in [-0.4, -0.2) is 29.9 Å². The third kappa shape index (κ3) is 3.29. The highest BCUT2D eigenvalue weighted by atomic mass is 16.2. The van der Waals surface area contributed by atoms with Crippen LogP contribution < -0.4 is 11.1 Å². The largest absolute Gasteiger partial charge is 0.387 e. The van der Waals surface area contributed by atoms with Crippen molar-refractivity contribution in [3.8, 4) is 0 Å². The number of nitrogens with one attached hydrogen (secondary N) is 2. The van der Waals surface area contributed by atoms with Crippen molar-refractivity contribution >= 4 is 11.9 Å². The van der Waals surface area contributed by atoms with Gasteiger partial charge in [-0.1, -0.05) is 37.3 Å². The van der Waals surface area contributed by atoms with E-state index in [2.05, 4.69) is 5.32 Å². The molecule has 1 aliphatic heterocycles. The summed E-state index contributed by atoms with van der Waals surface area (Å²) in [6.45, 7) is 3.84. The number of benzene rings is 1. The molecule has 0 spiro atoms. The lowest BCUT2D eigenvalue weighted by atomic mass is 9.79. The molecule has 20 heavy (non-hydrogen) atoms. The second kappa shape index (κ2) is 5.94. The van der Waals surface area contributed by atoms with E-state index in [1.807, 2.05) is 37.3 Å². The van der Waals surface area contributed by atoms with Gasteiger partial charge in [0.05, 0.1) is 5.84 Å². The van der Waals surface area contributed by atoms with Crippen molar-refractivity contribution in [3.63, 3.8) is 0 Å². The molecule has 0 radical (unpaired) electrons. The minimum Gasteiger partial charge on any atom is -0.387 e. The Balaban J connectivity index is 1.82. The highest BCUT2D eigenvalue weighted by molar-refractivity contribution is 5.83. The normalized spacial score (nSPS) is 17.6. The number of amidine groups is 1. The SMILES string of the molecule is CC1(C(=N)N)CCN(C(=O)NCc2ccccc2)CC1. The van der Waals surface area contributed by atoms with E-state index < -0.39 is 0 Å². The van der Waals surface area contributed by atoms with Crippen LogP contribution in [0, 0.1) is 10.8 Å². The van der Waals surface area contributed by atoms with Gasteiger partial charge < -0.3 is 16.0 Å². The van der Waals surface area contributed by atoms with E-state index in [-0.39, 0.29) is 17.3 Å². The van der Waals surface area contributed by atoms with Gasteiger partial charge >= 0.3 is 6.03 Å². The Kier molecular flexibility index (Phi) is 4.27. The van der Waals surface area contributed by atoms with Crippen molar-refractivity contribution in [1.82, 2.24) is 10.2 Å². The van der Waals surface area contributed by atoms with E-state index in [1.54, 1.807) is 4.90 Å². The molecule has 5 heteroatoms. The minimum atomic E-state index is -0.254. The van der Waals surface area contributed by atoms with Crippen LogP contribution in [0.4, 0.5) is 4.79 Å². The average molecular weight is 274 g/mol. The maximum absolute atomic E-state index is 12.1. The maximum atomic E-state index is 12.1. The number of carbonyl (C=O) groups is 1. The lowest BCUT2D eigenvalue weighted by molar-refractivity contribution is 0.159. The van der Waals surface area contributed by atoms with Gasteiger partial charge in [-0.05, 0) is 18.4 Å². The monoisotopic (exact) mass is 274 g/mol. The second-order valence-electron chi connectivity index (χ2n) is 5.61. The smallest absolute Gasteiger partial charge is 0.317 e. The van der Waals surface area contributed by atoms with Gasteiger partial charge in [0.15, 0.2) is 0 Å². The van der Waals surface area contributed by atoms with Crippen molar-refractivity contribution in [2.75, 3.05) is 13.1 Å². The Morgan fingerprint density at radius 2 is 1.95 bits per heavy atom. The number of urea groups is 1. The first-order valence-electron chi connectivity index (χ1n) is 6.92. The van der Waals surface area contributed by atoms with Crippen molar-refractivity contribution in [2.45, 2.75) is 26.3 Å². The number of amides is 2. The molecule has 1 aliphatic rings. The average Bonchev–Trinajstić information content (AvgIpc) is 2.46. The Bertz CT molecular complexity index is 478. The fourth-order valence-electron chi connectivity index (χ4n) is 2.36. The van der Waals surface area contributed by atoms with Crippen LogP contribution >= 0.6 is 0 Å². The molecule has 2 amide bonds. The summed E-state index contributed by atoms with van der Waals surface area (Å²) in [5.74, 6) is 0.224. The Labute approximate surface area is 119 Å². The van der Waals surface area contributed by atoms with Gasteiger partial charge in [-0.3, -0.25) is 5.41 Å². The van der Waals surface area contributed by atoms with E-state index in [9.17, 15) is 4.79 Å². The topological polar surface area (TPSA) is 82.2 Å². The fraction of sp³-hybridized carbons (Fsp3) is 0.467. The lowest BCUT2D eigenvalue weighted by Gasteiger charge is -2.38. The van der Waals surface area contributed by atoms with Gasteiger partial charge in [-0.2, -0.15) is 0 Å². The molecule has 0 bridgehead atoms. The first-order valence-corrected chi connectivity index (χ1v) is 6.92. The van der Waals surface area contributed by atoms with Gasteiger partial charge in [0.25, 0.3) is 0 Å². The maximum Gasteiger partial charge on any atom is 0.317 e. The molecule has 108 valence electrons. The summed E-state index contributed by atoms with van der Waals surface area (Å²) in [5, 5.41) is 10.5. The first kappa shape index (κ1) is 14.4. The molecule has 1 aromatic carbocycles. The van der Waals surface area contributed by atoms with Crippen molar-refractivity contribution in [3.05, 3.63) is 35.9 Å². The lowest BCUT2D eigenvalue weighted by Crippen LogP contribution is -2.49. The van der Waals surface area contributed by atoms with E-state index in [4.69, 9.17) is 11.1 Å². The highest BCUT2D eigenvalue weighted by Crippen LogP contribution is 2.30. The quantitative estimate of drug-likeness (QED) is 0.581. The van der Waals surface area contributed by atoms with Crippen molar-refractivity contribution in [2.24, 2.45) is 11.1 Å². The molecule has 1 saturated heterocycles. The third-order valence-corrected chi connectivity index (χ3v) is 4.09. The molecule has 0 aliphatic carbocycles. The summed E-state index contributed by atoms with van der Waals surface area (Å²) >= 11 is 0. The number of rotatable bonds is 3. The molecule has 4 N–H and O–H groups in total. The number of carbonyl (C=O) groups excluding carboxylic acids is 1. The number of likely N-dealkylation sites (tertiary alicyclic amines) is 1. The molecule has 2 rings (SSSR count). The van der Waals surface area contributed by atoms with E-state index in [0.29, 0.717) is 19.6 Å². The van der Waals surface area contributed by atoms with Gasteiger partial charge in [0, 0.05) is 25.0 Å². The summed E-state index contributed by atoms with van der Waals surface area (Å²) in [6.07, 6.45) is 1.50. The standard InChI is InChI=1S/C15H22N4O/c1-15(13(16)17)7-9-19(10-8-15)14(20)18-11-12-5-3-2-4-6-12/h2-6H,7-11H2,1H3,(H3,16,17)(H,18,20). The van der Waals surface area contributed by atoms with Crippen LogP contribution in [0.1, 0.15) is 25.3 Å². The number of nitrogens with zero attached hydrogens (tertiary/aromatic N) is 1. The number of hydrogen-bond donors (Lipinski definition) is 3. The van der Waals surface area contributed by atoms with Crippen LogP contribution in [0.5, 0.6) is 0 Å². The molecule has 1 aromatic rings. The Hall–Kier alpha value is -2.04. The van der Waals surface area contributed by atoms with Crippen molar-refractivity contribution < 1.29 is 4.79 Å². The molecular formula is C15H22N4O. The third-order valence-electron chi connectivity index (χ3n) is 4.09. The summed E-state index contributed by atoms with van der Waals surface area (Å²) in [7, 11) is 0. The summed E-state index contributed by atoms with van der Waals surface area (Å²) in [4.78, 5) is 13.9. The molecular weight excluding hydrogens is 252 g/mol. The zero-order valence-corrected chi connectivity index (χ0v) is 11.9. The predicted molar refractivity (Wildman–Crippen MR) is 79.5 cm³/mol. The van der Waals surface area contributed by atoms with Gasteiger partial charge in [0.1, 0.15) is 0 Å². The number of piperidine rings is 1.